The Balaban J connectivity index is 2.04. The van der Waals surface area contributed by atoms with Crippen molar-refractivity contribution in [2.24, 2.45) is 0 Å². The van der Waals surface area contributed by atoms with E-state index in [1.165, 1.54) is 0 Å². The van der Waals surface area contributed by atoms with Gasteiger partial charge >= 0.3 is 0 Å². The molecule has 1 heterocycles. The van der Waals surface area contributed by atoms with Gasteiger partial charge in [-0.3, -0.25) is 9.59 Å². The molecule has 0 bridgehead atoms. The number of hydrogen-bond donors (Lipinski definition) is 2. The summed E-state index contributed by atoms with van der Waals surface area (Å²) in [6.07, 6.45) is 0.734. The highest BCUT2D eigenvalue weighted by molar-refractivity contribution is 5.76. The number of rotatable bonds is 8. The summed E-state index contributed by atoms with van der Waals surface area (Å²) in [7, 11) is 5.56. The van der Waals surface area contributed by atoms with Crippen molar-refractivity contribution in [2.45, 2.75) is 32.7 Å². The highest BCUT2D eigenvalue weighted by atomic mass is 16.5. The minimum atomic E-state index is -0.386. The largest absolute Gasteiger partial charge is 0.497 e. The lowest BCUT2D eigenvalue weighted by molar-refractivity contribution is -0.121. The maximum atomic E-state index is 12.5. The van der Waals surface area contributed by atoms with E-state index in [9.17, 15) is 14.9 Å². The maximum Gasteiger partial charge on any atom is 0.266 e. The molecule has 1 atom stereocenters. The standard InChI is InChI=1S/C22H28N4O3/c1-14-18(15(2)25-22(28)19(14)12-23)9-10-21(27)24-13-20(26(3)4)16-7-6-8-17(11-16)29-5/h6-8,11,20H,9-10,13H2,1-5H3,(H,24,27)(H,25,28)/t20-/m0/s1. The molecule has 0 spiro atoms. The fourth-order valence-electron chi connectivity index (χ4n) is 3.41. The number of carbonyl (C=O) groups is 1. The number of nitriles is 1. The lowest BCUT2D eigenvalue weighted by atomic mass is 9.99. The molecule has 2 aromatic rings. The van der Waals surface area contributed by atoms with Crippen LogP contribution in [0.2, 0.25) is 0 Å². The number of amides is 1. The second-order valence-corrected chi connectivity index (χ2v) is 7.23. The van der Waals surface area contributed by atoms with Gasteiger partial charge in [-0.2, -0.15) is 5.26 Å². The molecule has 2 rings (SSSR count). The predicted molar refractivity (Wildman–Crippen MR) is 112 cm³/mol. The van der Waals surface area contributed by atoms with Gasteiger partial charge in [0.25, 0.3) is 5.56 Å². The van der Waals surface area contributed by atoms with E-state index in [2.05, 4.69) is 10.3 Å². The van der Waals surface area contributed by atoms with E-state index in [4.69, 9.17) is 4.74 Å². The van der Waals surface area contributed by atoms with E-state index < -0.39 is 0 Å². The SMILES string of the molecule is COc1cccc([C@H](CNC(=O)CCc2c(C)[nH]c(=O)c(C#N)c2C)N(C)C)c1. The van der Waals surface area contributed by atoms with Crippen LogP contribution in [0.3, 0.4) is 0 Å². The van der Waals surface area contributed by atoms with Crippen molar-refractivity contribution in [1.82, 2.24) is 15.2 Å². The number of ether oxygens (including phenoxy) is 1. The van der Waals surface area contributed by atoms with Crippen molar-refractivity contribution in [3.05, 3.63) is 62.6 Å². The van der Waals surface area contributed by atoms with Gasteiger partial charge in [0.1, 0.15) is 17.4 Å². The van der Waals surface area contributed by atoms with Crippen molar-refractivity contribution in [1.29, 1.82) is 5.26 Å². The van der Waals surface area contributed by atoms with Gasteiger partial charge in [0.2, 0.25) is 5.91 Å². The molecule has 0 radical (unpaired) electrons. The molecule has 7 heteroatoms. The molecular formula is C22H28N4O3. The number of likely N-dealkylation sites (N-methyl/N-ethyl adjacent to an activating group) is 1. The predicted octanol–water partition coefficient (Wildman–Crippen LogP) is 2.22. The van der Waals surface area contributed by atoms with Gasteiger partial charge in [-0.25, -0.2) is 0 Å². The van der Waals surface area contributed by atoms with E-state index in [1.807, 2.05) is 49.3 Å². The van der Waals surface area contributed by atoms with Gasteiger partial charge in [0.15, 0.2) is 0 Å². The van der Waals surface area contributed by atoms with Gasteiger partial charge < -0.3 is 19.9 Å². The first-order valence-electron chi connectivity index (χ1n) is 9.48. The van der Waals surface area contributed by atoms with Gasteiger partial charge in [0, 0.05) is 18.7 Å². The van der Waals surface area contributed by atoms with Crippen LogP contribution in [-0.4, -0.2) is 43.5 Å². The Kier molecular flexibility index (Phi) is 7.57. The van der Waals surface area contributed by atoms with Crippen molar-refractivity contribution in [3.63, 3.8) is 0 Å². The Bertz CT molecular complexity index is 973. The topological polar surface area (TPSA) is 98.2 Å². The van der Waals surface area contributed by atoms with Gasteiger partial charge in [-0.1, -0.05) is 12.1 Å². The summed E-state index contributed by atoms with van der Waals surface area (Å²) in [5.74, 6) is 0.696. The van der Waals surface area contributed by atoms with E-state index in [-0.39, 0.29) is 29.5 Å². The van der Waals surface area contributed by atoms with Crippen LogP contribution >= 0.6 is 0 Å². The van der Waals surface area contributed by atoms with Crippen LogP contribution in [-0.2, 0) is 11.2 Å². The zero-order valence-electron chi connectivity index (χ0n) is 17.6. The third-order valence-corrected chi connectivity index (χ3v) is 5.12. The number of benzene rings is 1. The number of nitrogens with zero attached hydrogens (tertiary/aromatic N) is 2. The highest BCUT2D eigenvalue weighted by Crippen LogP contribution is 2.22. The zero-order valence-corrected chi connectivity index (χ0v) is 17.6. The van der Waals surface area contributed by atoms with Crippen LogP contribution in [0.4, 0.5) is 0 Å². The molecule has 0 unspecified atom stereocenters. The number of aromatic amines is 1. The summed E-state index contributed by atoms with van der Waals surface area (Å²) >= 11 is 0. The van der Waals surface area contributed by atoms with Crippen LogP contribution in [0, 0.1) is 25.2 Å². The summed E-state index contributed by atoms with van der Waals surface area (Å²) in [6, 6.07) is 9.74. The molecule has 2 N–H and O–H groups in total. The molecule has 29 heavy (non-hydrogen) atoms. The lowest BCUT2D eigenvalue weighted by Gasteiger charge is -2.25. The summed E-state index contributed by atoms with van der Waals surface area (Å²) < 4.78 is 5.29. The second kappa shape index (κ2) is 9.89. The molecule has 154 valence electrons. The van der Waals surface area contributed by atoms with Crippen molar-refractivity contribution < 1.29 is 9.53 Å². The van der Waals surface area contributed by atoms with Crippen molar-refractivity contribution in [3.8, 4) is 11.8 Å². The minimum absolute atomic E-state index is 0.00999. The Hall–Kier alpha value is -3.11. The first kappa shape index (κ1) is 22.2. The van der Waals surface area contributed by atoms with Crippen LogP contribution < -0.4 is 15.6 Å². The molecule has 0 aliphatic rings. The van der Waals surface area contributed by atoms with Gasteiger partial charge in [-0.15, -0.1) is 0 Å². The van der Waals surface area contributed by atoms with Crippen LogP contribution in [0.15, 0.2) is 29.1 Å². The molecule has 0 saturated carbocycles. The summed E-state index contributed by atoms with van der Waals surface area (Å²) in [5.41, 5.74) is 2.96. The Labute approximate surface area is 171 Å². The Morgan fingerprint density at radius 2 is 2.07 bits per heavy atom. The normalized spacial score (nSPS) is 11.8. The number of aromatic nitrogens is 1. The average molecular weight is 396 g/mol. The number of aryl methyl sites for hydroxylation is 1. The van der Waals surface area contributed by atoms with E-state index in [0.29, 0.717) is 24.2 Å². The number of pyridine rings is 1. The highest BCUT2D eigenvalue weighted by Gasteiger charge is 2.17. The first-order chi connectivity index (χ1) is 13.8. The molecule has 1 amide bonds. The van der Waals surface area contributed by atoms with Crippen molar-refractivity contribution in [2.75, 3.05) is 27.7 Å². The van der Waals surface area contributed by atoms with Crippen LogP contribution in [0.25, 0.3) is 0 Å². The molecule has 0 aliphatic carbocycles. The third-order valence-electron chi connectivity index (χ3n) is 5.12. The molecule has 0 aliphatic heterocycles. The number of carbonyl (C=O) groups excluding carboxylic acids is 1. The van der Waals surface area contributed by atoms with Crippen molar-refractivity contribution >= 4 is 5.91 Å². The maximum absolute atomic E-state index is 12.5. The van der Waals surface area contributed by atoms with Crippen LogP contribution in [0.1, 0.15) is 40.4 Å². The Morgan fingerprint density at radius 3 is 2.69 bits per heavy atom. The summed E-state index contributed by atoms with van der Waals surface area (Å²) in [4.78, 5) is 29.0. The number of hydrogen-bond acceptors (Lipinski definition) is 5. The molecule has 0 saturated heterocycles. The van der Waals surface area contributed by atoms with Gasteiger partial charge in [-0.05, 0) is 63.2 Å². The summed E-state index contributed by atoms with van der Waals surface area (Å²) in [5, 5.41) is 12.2. The molecular weight excluding hydrogens is 368 g/mol. The number of H-pyrrole nitrogens is 1. The molecule has 1 aromatic heterocycles. The van der Waals surface area contributed by atoms with E-state index in [0.717, 1.165) is 16.9 Å². The van der Waals surface area contributed by atoms with Crippen LogP contribution in [0.5, 0.6) is 5.75 Å². The molecule has 7 nitrogen and oxygen atoms in total. The fourth-order valence-corrected chi connectivity index (χ4v) is 3.41. The zero-order chi connectivity index (χ0) is 21.6. The average Bonchev–Trinajstić information content (AvgIpc) is 2.68. The van der Waals surface area contributed by atoms with E-state index >= 15 is 0 Å². The minimum Gasteiger partial charge on any atom is -0.497 e. The smallest absolute Gasteiger partial charge is 0.266 e. The lowest BCUT2D eigenvalue weighted by Crippen LogP contribution is -2.34. The van der Waals surface area contributed by atoms with E-state index in [1.54, 1.807) is 21.0 Å². The third kappa shape index (κ3) is 5.46. The fraction of sp³-hybridized carbons (Fsp3) is 0.409. The van der Waals surface area contributed by atoms with Gasteiger partial charge in [0.05, 0.1) is 13.2 Å². The monoisotopic (exact) mass is 396 g/mol. The number of nitrogens with one attached hydrogen (secondary N) is 2. The quantitative estimate of drug-likeness (QED) is 0.713. The first-order valence-corrected chi connectivity index (χ1v) is 9.48. The second-order valence-electron chi connectivity index (χ2n) is 7.23. The summed E-state index contributed by atoms with van der Waals surface area (Å²) in [6.45, 7) is 4.00. The molecule has 0 fully saturated rings. The molecule has 1 aromatic carbocycles. The Morgan fingerprint density at radius 1 is 1.34 bits per heavy atom. The number of methoxy groups -OCH3 is 1.